The van der Waals surface area contributed by atoms with E-state index in [1.807, 2.05) is 54.6 Å². The molecule has 190 valence electrons. The number of nitrogens with zero attached hydrogens (tertiary/aromatic N) is 2. The third-order valence-corrected chi connectivity index (χ3v) is 7.08. The topological polar surface area (TPSA) is 54.4 Å². The largest absolute Gasteiger partial charge is 0.454 e. The summed E-state index contributed by atoms with van der Waals surface area (Å²) in [6.07, 6.45) is -0.903. The maximum Gasteiger partial charge on any atom is 0.231 e. The molecule has 8 heteroatoms. The molecule has 1 N–H and O–H groups in total. The van der Waals surface area contributed by atoms with Crippen molar-refractivity contribution in [1.29, 1.82) is 0 Å². The van der Waals surface area contributed by atoms with Crippen molar-refractivity contribution in [3.05, 3.63) is 93.5 Å². The highest BCUT2D eigenvalue weighted by Crippen LogP contribution is 2.33. The van der Waals surface area contributed by atoms with Crippen LogP contribution in [0.3, 0.4) is 0 Å². The molecule has 0 amide bonds. The Bertz CT molecular complexity index is 1090. The predicted octanol–water partition coefficient (Wildman–Crippen LogP) is 5.01. The van der Waals surface area contributed by atoms with Gasteiger partial charge in [0.05, 0.1) is 12.7 Å². The summed E-state index contributed by atoms with van der Waals surface area (Å²) in [7, 11) is 0. The molecule has 3 aromatic carbocycles. The molecule has 0 bridgehead atoms. The van der Waals surface area contributed by atoms with E-state index in [-0.39, 0.29) is 12.7 Å². The maximum absolute atomic E-state index is 10.8. The zero-order valence-electron chi connectivity index (χ0n) is 20.0. The number of hydrogen-bond acceptors (Lipinski definition) is 6. The summed E-state index contributed by atoms with van der Waals surface area (Å²) in [5, 5.41) is 12.1. The lowest BCUT2D eigenvalue weighted by atomic mass is 10.0. The van der Waals surface area contributed by atoms with Gasteiger partial charge in [-0.2, -0.15) is 0 Å². The van der Waals surface area contributed by atoms with Crippen LogP contribution in [0.4, 0.5) is 0 Å². The van der Waals surface area contributed by atoms with E-state index in [1.54, 1.807) is 0 Å². The highest BCUT2D eigenvalue weighted by atomic mass is 35.5. The second kappa shape index (κ2) is 11.8. The van der Waals surface area contributed by atoms with Gasteiger partial charge in [-0.05, 0) is 53.1 Å². The Balaban J connectivity index is 1.11. The highest BCUT2D eigenvalue weighted by Gasteiger charge is 2.22. The molecule has 0 aromatic heterocycles. The van der Waals surface area contributed by atoms with Gasteiger partial charge >= 0.3 is 0 Å². The number of halogens is 2. The first-order valence-corrected chi connectivity index (χ1v) is 12.9. The molecular weight excluding hydrogens is 499 g/mol. The zero-order chi connectivity index (χ0) is 24.9. The van der Waals surface area contributed by atoms with Crippen molar-refractivity contribution < 1.29 is 19.3 Å². The molecule has 2 aliphatic rings. The van der Waals surface area contributed by atoms with Gasteiger partial charge in [-0.1, -0.05) is 53.5 Å². The van der Waals surface area contributed by atoms with Crippen LogP contribution in [-0.2, 0) is 11.3 Å². The third-order valence-electron chi connectivity index (χ3n) is 6.58. The van der Waals surface area contributed by atoms with Gasteiger partial charge < -0.3 is 19.3 Å². The molecule has 0 aliphatic carbocycles. The molecule has 5 rings (SSSR count). The minimum atomic E-state index is -0.590. The lowest BCUT2D eigenvalue weighted by Crippen LogP contribution is -2.48. The van der Waals surface area contributed by atoms with Crippen LogP contribution in [0.5, 0.6) is 11.5 Å². The second-order valence-corrected chi connectivity index (χ2v) is 10.1. The Morgan fingerprint density at radius 3 is 2.00 bits per heavy atom. The molecule has 0 unspecified atom stereocenters. The first kappa shape index (κ1) is 25.3. The Hall–Kier alpha value is -2.32. The third kappa shape index (κ3) is 6.51. The van der Waals surface area contributed by atoms with E-state index < -0.39 is 6.10 Å². The molecule has 1 saturated heterocycles. The van der Waals surface area contributed by atoms with Crippen molar-refractivity contribution in [1.82, 2.24) is 9.80 Å². The fourth-order valence-electron chi connectivity index (χ4n) is 4.65. The molecule has 0 radical (unpaired) electrons. The molecule has 6 nitrogen and oxygen atoms in total. The Kier molecular flexibility index (Phi) is 8.32. The van der Waals surface area contributed by atoms with Crippen molar-refractivity contribution >= 4 is 23.2 Å². The summed E-state index contributed by atoms with van der Waals surface area (Å²) in [6, 6.07) is 21.3. The lowest BCUT2D eigenvalue weighted by Gasteiger charge is -2.35. The normalized spacial score (nSPS) is 17.0. The number of rotatable bonds is 9. The quantitative estimate of drug-likeness (QED) is 0.421. The molecule has 1 fully saturated rings. The number of fused-ring (bicyclic) bond motifs is 1. The minimum Gasteiger partial charge on any atom is -0.454 e. The molecular formula is C28H30Cl2N2O4. The average Bonchev–Trinajstić information content (AvgIpc) is 3.35. The Morgan fingerprint density at radius 2 is 1.36 bits per heavy atom. The van der Waals surface area contributed by atoms with Gasteiger partial charge in [0, 0.05) is 49.3 Å². The van der Waals surface area contributed by atoms with E-state index in [0.717, 1.165) is 55.3 Å². The number of aliphatic hydroxyl groups is 1. The first-order valence-electron chi connectivity index (χ1n) is 12.2. The summed E-state index contributed by atoms with van der Waals surface area (Å²) in [5.74, 6) is 1.64. The van der Waals surface area contributed by atoms with E-state index in [4.69, 9.17) is 37.4 Å². The predicted molar refractivity (Wildman–Crippen MR) is 141 cm³/mol. The smallest absolute Gasteiger partial charge is 0.231 e. The van der Waals surface area contributed by atoms with Gasteiger partial charge in [0.25, 0.3) is 0 Å². The molecule has 3 aromatic rings. The SMILES string of the molecule is O[C@H](COC(c1ccc(Cl)cc1)c1ccc(Cl)cc1)CN1CCN(Cc2ccc3c(c2)OCO3)CC1. The van der Waals surface area contributed by atoms with Gasteiger partial charge in [0.2, 0.25) is 6.79 Å². The van der Waals surface area contributed by atoms with Crippen LogP contribution in [-0.4, -0.2) is 67.1 Å². The summed E-state index contributed by atoms with van der Waals surface area (Å²) < 4.78 is 17.1. The van der Waals surface area contributed by atoms with Gasteiger partial charge in [-0.3, -0.25) is 9.80 Å². The summed E-state index contributed by atoms with van der Waals surface area (Å²) in [4.78, 5) is 4.72. The summed E-state index contributed by atoms with van der Waals surface area (Å²) >= 11 is 12.2. The number of benzene rings is 3. The van der Waals surface area contributed by atoms with Crippen LogP contribution in [0.15, 0.2) is 66.7 Å². The van der Waals surface area contributed by atoms with Crippen molar-refractivity contribution in [2.45, 2.75) is 18.8 Å². The van der Waals surface area contributed by atoms with Crippen molar-refractivity contribution in [2.24, 2.45) is 0 Å². The molecule has 36 heavy (non-hydrogen) atoms. The number of hydrogen-bond donors (Lipinski definition) is 1. The number of piperazine rings is 1. The van der Waals surface area contributed by atoms with Gasteiger partial charge in [-0.15, -0.1) is 0 Å². The minimum absolute atomic E-state index is 0.229. The zero-order valence-corrected chi connectivity index (χ0v) is 21.5. The number of β-amino-alcohol motifs (C(OH)–C–C–N with tert-alkyl or cyclic N) is 1. The van der Waals surface area contributed by atoms with Gasteiger partial charge in [0.15, 0.2) is 11.5 Å². The Labute approximate surface area is 221 Å². The van der Waals surface area contributed by atoms with Crippen molar-refractivity contribution in [2.75, 3.05) is 46.1 Å². The van der Waals surface area contributed by atoms with E-state index in [0.29, 0.717) is 23.4 Å². The second-order valence-electron chi connectivity index (χ2n) is 9.23. The summed E-state index contributed by atoms with van der Waals surface area (Å²) in [5.41, 5.74) is 3.17. The molecule has 2 heterocycles. The van der Waals surface area contributed by atoms with E-state index in [2.05, 4.69) is 21.9 Å². The van der Waals surface area contributed by atoms with Gasteiger partial charge in [0.1, 0.15) is 6.10 Å². The number of ether oxygens (including phenoxy) is 3. The van der Waals surface area contributed by atoms with Gasteiger partial charge in [-0.25, -0.2) is 0 Å². The summed E-state index contributed by atoms with van der Waals surface area (Å²) in [6.45, 7) is 5.67. The fourth-order valence-corrected chi connectivity index (χ4v) is 4.90. The molecule has 1 atom stereocenters. The fraction of sp³-hybridized carbons (Fsp3) is 0.357. The van der Waals surface area contributed by atoms with Crippen LogP contribution < -0.4 is 9.47 Å². The Morgan fingerprint density at radius 1 is 0.778 bits per heavy atom. The van der Waals surface area contributed by atoms with Crippen LogP contribution in [0.25, 0.3) is 0 Å². The van der Waals surface area contributed by atoms with Crippen LogP contribution in [0, 0.1) is 0 Å². The highest BCUT2D eigenvalue weighted by molar-refractivity contribution is 6.30. The van der Waals surface area contributed by atoms with Crippen LogP contribution in [0.1, 0.15) is 22.8 Å². The molecule has 2 aliphatic heterocycles. The van der Waals surface area contributed by atoms with Crippen LogP contribution >= 0.6 is 23.2 Å². The van der Waals surface area contributed by atoms with Crippen molar-refractivity contribution in [3.63, 3.8) is 0 Å². The van der Waals surface area contributed by atoms with Crippen molar-refractivity contribution in [3.8, 4) is 11.5 Å². The van der Waals surface area contributed by atoms with Crippen LogP contribution in [0.2, 0.25) is 10.0 Å². The molecule has 0 saturated carbocycles. The van der Waals surface area contributed by atoms with E-state index in [1.165, 1.54) is 5.56 Å². The lowest BCUT2D eigenvalue weighted by molar-refractivity contribution is -0.0148. The number of aliphatic hydroxyl groups excluding tert-OH is 1. The monoisotopic (exact) mass is 528 g/mol. The van der Waals surface area contributed by atoms with E-state index in [9.17, 15) is 5.11 Å². The first-order chi connectivity index (χ1) is 17.5. The molecule has 0 spiro atoms. The standard InChI is InChI=1S/C28H30Cl2N2O4/c29-23-6-2-21(3-7-23)28(22-4-8-24(30)9-5-22)34-18-25(33)17-32-13-11-31(12-14-32)16-20-1-10-26-27(15-20)36-19-35-26/h1-10,15,25,28,33H,11-14,16-19H2/t25-/m0/s1. The average molecular weight is 529 g/mol. The maximum atomic E-state index is 10.8. The van der Waals surface area contributed by atoms with E-state index >= 15 is 0 Å².